The van der Waals surface area contributed by atoms with E-state index in [9.17, 15) is 9.18 Å². The third-order valence-electron chi connectivity index (χ3n) is 2.56. The van der Waals surface area contributed by atoms with Gasteiger partial charge in [-0.15, -0.1) is 0 Å². The van der Waals surface area contributed by atoms with Crippen LogP contribution in [0.5, 0.6) is 0 Å². The van der Waals surface area contributed by atoms with Crippen LogP contribution in [0.4, 0.5) is 15.8 Å². The molecule has 92 valence electrons. The number of nitrogens with one attached hydrogen (secondary N) is 1. The molecule has 0 aliphatic carbocycles. The molecule has 0 aliphatic heterocycles. The Morgan fingerprint density at radius 3 is 2.50 bits per heavy atom. The maximum atomic E-state index is 12.7. The Hall–Kier alpha value is -2.36. The van der Waals surface area contributed by atoms with Gasteiger partial charge < -0.3 is 11.1 Å². The van der Waals surface area contributed by atoms with Gasteiger partial charge in [-0.1, -0.05) is 11.6 Å². The number of nitrogen functional groups attached to an aromatic ring is 1. The van der Waals surface area contributed by atoms with E-state index in [2.05, 4.69) is 5.32 Å². The van der Waals surface area contributed by atoms with E-state index in [1.54, 1.807) is 12.1 Å². The van der Waals surface area contributed by atoms with Gasteiger partial charge in [0.25, 0.3) is 5.91 Å². The van der Waals surface area contributed by atoms with Gasteiger partial charge in [0, 0.05) is 11.4 Å². The van der Waals surface area contributed by atoms with Crippen LogP contribution in [0.25, 0.3) is 0 Å². The molecule has 0 atom stereocenters. The van der Waals surface area contributed by atoms with E-state index >= 15 is 0 Å². The average molecular weight is 244 g/mol. The van der Waals surface area contributed by atoms with Crippen LogP contribution in [0.2, 0.25) is 0 Å². The second-order valence-corrected chi connectivity index (χ2v) is 4.05. The Morgan fingerprint density at radius 1 is 1.17 bits per heavy atom. The molecular weight excluding hydrogens is 231 g/mol. The van der Waals surface area contributed by atoms with Gasteiger partial charge in [0.2, 0.25) is 0 Å². The van der Waals surface area contributed by atoms with Gasteiger partial charge in [-0.3, -0.25) is 4.79 Å². The summed E-state index contributed by atoms with van der Waals surface area (Å²) in [7, 11) is 0. The highest BCUT2D eigenvalue weighted by atomic mass is 19.1. The average Bonchev–Trinajstić information content (AvgIpc) is 2.35. The molecule has 0 spiro atoms. The summed E-state index contributed by atoms with van der Waals surface area (Å²) in [4.78, 5) is 12.0. The molecule has 3 nitrogen and oxygen atoms in total. The van der Waals surface area contributed by atoms with Crippen molar-refractivity contribution in [3.63, 3.8) is 0 Å². The van der Waals surface area contributed by atoms with Gasteiger partial charge in [-0.25, -0.2) is 4.39 Å². The highest BCUT2D eigenvalue weighted by Gasteiger charge is 2.10. The number of anilines is 2. The van der Waals surface area contributed by atoms with Crippen molar-refractivity contribution in [1.29, 1.82) is 0 Å². The van der Waals surface area contributed by atoms with Crippen LogP contribution in [0.15, 0.2) is 42.5 Å². The first-order valence-electron chi connectivity index (χ1n) is 5.49. The van der Waals surface area contributed by atoms with Crippen LogP contribution in [0, 0.1) is 12.7 Å². The minimum absolute atomic E-state index is 0.303. The van der Waals surface area contributed by atoms with E-state index in [-0.39, 0.29) is 11.7 Å². The molecule has 0 saturated heterocycles. The van der Waals surface area contributed by atoms with E-state index in [0.29, 0.717) is 16.9 Å². The molecule has 2 aromatic rings. The number of benzene rings is 2. The lowest BCUT2D eigenvalue weighted by Gasteiger charge is -2.08. The van der Waals surface area contributed by atoms with Gasteiger partial charge in [0.15, 0.2) is 0 Å². The minimum atomic E-state index is -0.344. The second-order valence-electron chi connectivity index (χ2n) is 4.05. The van der Waals surface area contributed by atoms with Crippen molar-refractivity contribution in [2.24, 2.45) is 0 Å². The molecule has 1 amide bonds. The number of carbonyl (C=O) groups is 1. The van der Waals surface area contributed by atoms with Crippen molar-refractivity contribution in [2.45, 2.75) is 6.92 Å². The first-order chi connectivity index (χ1) is 8.56. The van der Waals surface area contributed by atoms with Gasteiger partial charge in [-0.05, 0) is 43.3 Å². The fourth-order valence-corrected chi connectivity index (χ4v) is 1.60. The third kappa shape index (κ3) is 2.66. The van der Waals surface area contributed by atoms with E-state index in [0.717, 1.165) is 5.56 Å². The molecule has 0 heterocycles. The van der Waals surface area contributed by atoms with Crippen molar-refractivity contribution in [3.05, 3.63) is 59.4 Å². The van der Waals surface area contributed by atoms with E-state index < -0.39 is 0 Å². The van der Waals surface area contributed by atoms with E-state index in [1.807, 2.05) is 13.0 Å². The van der Waals surface area contributed by atoms with Crippen LogP contribution >= 0.6 is 0 Å². The summed E-state index contributed by atoms with van der Waals surface area (Å²) in [5.41, 5.74) is 8.06. The van der Waals surface area contributed by atoms with Crippen LogP contribution in [0.3, 0.4) is 0 Å². The molecule has 0 bridgehead atoms. The Balaban J connectivity index is 2.21. The molecule has 0 fully saturated rings. The van der Waals surface area contributed by atoms with Gasteiger partial charge in [0.1, 0.15) is 5.82 Å². The number of aryl methyl sites for hydroxylation is 1. The number of rotatable bonds is 2. The Bertz CT molecular complexity index is 579. The summed E-state index contributed by atoms with van der Waals surface area (Å²) in [5.74, 6) is -0.647. The lowest BCUT2D eigenvalue weighted by molar-refractivity contribution is 0.102. The molecule has 2 rings (SSSR count). The number of hydrogen-bond donors (Lipinski definition) is 2. The Kier molecular flexibility index (Phi) is 3.28. The van der Waals surface area contributed by atoms with Crippen LogP contribution in [0.1, 0.15) is 15.9 Å². The van der Waals surface area contributed by atoms with Crippen molar-refractivity contribution < 1.29 is 9.18 Å². The predicted molar refractivity (Wildman–Crippen MR) is 69.9 cm³/mol. The topological polar surface area (TPSA) is 55.1 Å². The summed E-state index contributed by atoms with van der Waals surface area (Å²) in [6, 6.07) is 10.8. The molecule has 0 aromatic heterocycles. The fraction of sp³-hybridized carbons (Fsp3) is 0.0714. The molecule has 18 heavy (non-hydrogen) atoms. The summed E-state index contributed by atoms with van der Waals surface area (Å²) in [6.45, 7) is 1.88. The van der Waals surface area contributed by atoms with Crippen molar-refractivity contribution >= 4 is 17.3 Å². The zero-order chi connectivity index (χ0) is 13.1. The minimum Gasteiger partial charge on any atom is -0.398 e. The highest BCUT2D eigenvalue weighted by Crippen LogP contribution is 2.16. The van der Waals surface area contributed by atoms with Crippen molar-refractivity contribution in [2.75, 3.05) is 11.1 Å². The molecule has 0 aliphatic rings. The summed E-state index contributed by atoms with van der Waals surface area (Å²) >= 11 is 0. The largest absolute Gasteiger partial charge is 0.398 e. The maximum Gasteiger partial charge on any atom is 0.257 e. The van der Waals surface area contributed by atoms with Gasteiger partial charge in [0.05, 0.1) is 5.56 Å². The monoisotopic (exact) mass is 244 g/mol. The number of halogens is 1. The van der Waals surface area contributed by atoms with Crippen LogP contribution < -0.4 is 11.1 Å². The molecule has 4 heteroatoms. The first-order valence-corrected chi connectivity index (χ1v) is 5.49. The molecule has 3 N–H and O–H groups in total. The van der Waals surface area contributed by atoms with Crippen LogP contribution in [-0.2, 0) is 0 Å². The summed E-state index contributed by atoms with van der Waals surface area (Å²) < 4.78 is 12.7. The highest BCUT2D eigenvalue weighted by molar-refractivity contribution is 6.07. The van der Waals surface area contributed by atoms with Crippen molar-refractivity contribution in [1.82, 2.24) is 0 Å². The molecule has 0 radical (unpaired) electrons. The van der Waals surface area contributed by atoms with E-state index in [1.165, 1.54) is 24.3 Å². The standard InChI is InChI=1S/C14H13FN2O/c1-9-2-7-13(16)12(8-9)14(18)17-11-5-3-10(15)4-6-11/h2-8H,16H2,1H3,(H,17,18). The maximum absolute atomic E-state index is 12.7. The SMILES string of the molecule is Cc1ccc(N)c(C(=O)Nc2ccc(F)cc2)c1. The molecule has 0 unspecified atom stereocenters. The predicted octanol–water partition coefficient (Wildman–Crippen LogP) is 2.97. The molecular formula is C14H13FN2O. The van der Waals surface area contributed by atoms with Crippen LogP contribution in [-0.4, -0.2) is 5.91 Å². The number of nitrogens with two attached hydrogens (primary N) is 1. The number of hydrogen-bond acceptors (Lipinski definition) is 2. The van der Waals surface area contributed by atoms with Crippen molar-refractivity contribution in [3.8, 4) is 0 Å². The second kappa shape index (κ2) is 4.87. The number of amides is 1. The van der Waals surface area contributed by atoms with Gasteiger partial charge in [-0.2, -0.15) is 0 Å². The summed E-state index contributed by atoms with van der Waals surface area (Å²) in [5, 5.41) is 2.67. The smallest absolute Gasteiger partial charge is 0.257 e. The molecule has 2 aromatic carbocycles. The first kappa shape index (κ1) is 12.1. The fourth-order valence-electron chi connectivity index (χ4n) is 1.60. The number of carbonyl (C=O) groups excluding carboxylic acids is 1. The molecule has 0 saturated carbocycles. The normalized spacial score (nSPS) is 10.1. The Morgan fingerprint density at radius 2 is 1.83 bits per heavy atom. The lowest BCUT2D eigenvalue weighted by atomic mass is 10.1. The zero-order valence-electron chi connectivity index (χ0n) is 9.91. The Labute approximate surface area is 104 Å². The lowest BCUT2D eigenvalue weighted by Crippen LogP contribution is -2.14. The summed E-state index contributed by atoms with van der Waals surface area (Å²) in [6.07, 6.45) is 0. The zero-order valence-corrected chi connectivity index (χ0v) is 9.91. The van der Waals surface area contributed by atoms with Gasteiger partial charge >= 0.3 is 0 Å². The quantitative estimate of drug-likeness (QED) is 0.798. The van der Waals surface area contributed by atoms with E-state index in [4.69, 9.17) is 5.73 Å². The third-order valence-corrected chi connectivity index (χ3v) is 2.56.